The molecule has 0 radical (unpaired) electrons. The highest BCUT2D eigenvalue weighted by Gasteiger charge is 2.38. The maximum absolute atomic E-state index is 13.3. The van der Waals surface area contributed by atoms with Crippen molar-refractivity contribution in [2.24, 2.45) is 0 Å². The summed E-state index contributed by atoms with van der Waals surface area (Å²) in [6.07, 6.45) is 0.386. The van der Waals surface area contributed by atoms with Crippen LogP contribution in [0.3, 0.4) is 0 Å². The lowest BCUT2D eigenvalue weighted by molar-refractivity contribution is -0.136. The number of aromatic nitrogens is 3. The van der Waals surface area contributed by atoms with E-state index in [-0.39, 0.29) is 41.3 Å². The second-order valence-electron chi connectivity index (χ2n) is 9.24. The Bertz CT molecular complexity index is 1180. The standard InChI is InChI=1S/C25H28F3N5O3/c26-25(27,28)18-4-1-5-19-24(18)32-22(30-19)11-23(34)31-20-13-33(17-6-9-35-10-7-17)14-21(20)36-15-16-3-2-8-29-12-16/h1-5,8,12,17,20-21H,6-7,9-11,13-15H2,(H,30,32)(H,31,34)/t20?,21-/m0/s1. The maximum atomic E-state index is 13.3. The van der Waals surface area contributed by atoms with E-state index in [4.69, 9.17) is 9.47 Å². The van der Waals surface area contributed by atoms with Gasteiger partial charge in [-0.1, -0.05) is 12.1 Å². The molecular weight excluding hydrogens is 475 g/mol. The molecule has 0 bridgehead atoms. The van der Waals surface area contributed by atoms with Gasteiger partial charge in [0.05, 0.1) is 36.3 Å². The average Bonchev–Trinajstić information content (AvgIpc) is 3.46. The van der Waals surface area contributed by atoms with Crippen molar-refractivity contribution >= 4 is 16.9 Å². The summed E-state index contributed by atoms with van der Waals surface area (Å²) in [7, 11) is 0. The van der Waals surface area contributed by atoms with Crippen LogP contribution < -0.4 is 5.32 Å². The lowest BCUT2D eigenvalue weighted by Crippen LogP contribution is -2.45. The van der Waals surface area contributed by atoms with Gasteiger partial charge in [-0.2, -0.15) is 13.2 Å². The zero-order valence-electron chi connectivity index (χ0n) is 19.6. The summed E-state index contributed by atoms with van der Waals surface area (Å²) in [6.45, 7) is 3.11. The number of H-pyrrole nitrogens is 1. The maximum Gasteiger partial charge on any atom is 0.418 e. The molecule has 2 aromatic heterocycles. The van der Waals surface area contributed by atoms with Crippen molar-refractivity contribution < 1.29 is 27.4 Å². The monoisotopic (exact) mass is 503 g/mol. The molecule has 2 N–H and O–H groups in total. The molecule has 1 unspecified atom stereocenters. The first kappa shape index (κ1) is 24.7. The van der Waals surface area contributed by atoms with E-state index in [1.807, 2.05) is 12.1 Å². The van der Waals surface area contributed by atoms with Gasteiger partial charge < -0.3 is 19.8 Å². The molecule has 192 valence electrons. The molecular formula is C25H28F3N5O3. The first-order valence-electron chi connectivity index (χ1n) is 12.0. The predicted molar refractivity (Wildman–Crippen MR) is 125 cm³/mol. The molecule has 3 aromatic rings. The minimum Gasteiger partial charge on any atom is -0.381 e. The summed E-state index contributed by atoms with van der Waals surface area (Å²) in [5.74, 6) is -0.136. The normalized spacial score (nSPS) is 21.8. The van der Waals surface area contributed by atoms with Crippen LogP contribution in [-0.2, 0) is 33.5 Å². The van der Waals surface area contributed by atoms with Gasteiger partial charge in [-0.05, 0) is 36.6 Å². The Morgan fingerprint density at radius 3 is 2.78 bits per heavy atom. The molecule has 2 aliphatic heterocycles. The molecule has 1 aromatic carbocycles. The average molecular weight is 504 g/mol. The highest BCUT2D eigenvalue weighted by molar-refractivity contribution is 5.82. The largest absolute Gasteiger partial charge is 0.418 e. The summed E-state index contributed by atoms with van der Waals surface area (Å²) >= 11 is 0. The van der Waals surface area contributed by atoms with Crippen molar-refractivity contribution in [1.29, 1.82) is 0 Å². The molecule has 2 atom stereocenters. The molecule has 2 fully saturated rings. The first-order valence-corrected chi connectivity index (χ1v) is 12.0. The number of carbonyl (C=O) groups is 1. The summed E-state index contributed by atoms with van der Waals surface area (Å²) < 4.78 is 51.7. The fourth-order valence-electron chi connectivity index (χ4n) is 4.95. The highest BCUT2D eigenvalue weighted by atomic mass is 19.4. The van der Waals surface area contributed by atoms with Crippen molar-refractivity contribution in [3.05, 3.63) is 59.7 Å². The van der Waals surface area contributed by atoms with Crippen LogP contribution in [0.25, 0.3) is 11.0 Å². The number of para-hydroxylation sites is 1. The fourth-order valence-corrected chi connectivity index (χ4v) is 4.95. The van der Waals surface area contributed by atoms with E-state index in [2.05, 4.69) is 25.2 Å². The van der Waals surface area contributed by atoms with Crippen LogP contribution in [0.4, 0.5) is 13.2 Å². The summed E-state index contributed by atoms with van der Waals surface area (Å²) in [4.78, 5) is 26.3. The third-order valence-electron chi connectivity index (χ3n) is 6.73. The van der Waals surface area contributed by atoms with E-state index >= 15 is 0 Å². The Hall–Kier alpha value is -3.02. The molecule has 0 saturated carbocycles. The van der Waals surface area contributed by atoms with Gasteiger partial charge in [0.15, 0.2) is 0 Å². The molecule has 1 amide bonds. The van der Waals surface area contributed by atoms with Gasteiger partial charge in [0, 0.05) is 44.7 Å². The Morgan fingerprint density at radius 2 is 2.03 bits per heavy atom. The smallest absolute Gasteiger partial charge is 0.381 e. The fraction of sp³-hybridized carbons (Fsp3) is 0.480. The number of nitrogens with one attached hydrogen (secondary N) is 2. The molecule has 5 rings (SSSR count). The molecule has 11 heteroatoms. The van der Waals surface area contributed by atoms with Crippen molar-refractivity contribution in [3.63, 3.8) is 0 Å². The first-order chi connectivity index (χ1) is 17.4. The van der Waals surface area contributed by atoms with Crippen LogP contribution in [0.2, 0.25) is 0 Å². The summed E-state index contributed by atoms with van der Waals surface area (Å²) in [5, 5.41) is 3.04. The predicted octanol–water partition coefficient (Wildman–Crippen LogP) is 3.08. The van der Waals surface area contributed by atoms with Crippen LogP contribution in [0.5, 0.6) is 0 Å². The van der Waals surface area contributed by atoms with Gasteiger partial charge in [0.25, 0.3) is 0 Å². The zero-order valence-corrected chi connectivity index (χ0v) is 19.6. The number of hydrogen-bond acceptors (Lipinski definition) is 6. The molecule has 4 heterocycles. The number of aromatic amines is 1. The Balaban J connectivity index is 1.27. The van der Waals surface area contributed by atoms with Gasteiger partial charge in [0.2, 0.25) is 5.91 Å². The number of imidazole rings is 1. The number of ether oxygens (including phenoxy) is 2. The second-order valence-corrected chi connectivity index (χ2v) is 9.24. The molecule has 0 spiro atoms. The quantitative estimate of drug-likeness (QED) is 0.515. The number of amides is 1. The van der Waals surface area contributed by atoms with Gasteiger partial charge in [-0.25, -0.2) is 4.98 Å². The third kappa shape index (κ3) is 5.69. The number of nitrogens with zero attached hydrogens (tertiary/aromatic N) is 3. The van der Waals surface area contributed by atoms with Crippen LogP contribution in [-0.4, -0.2) is 70.2 Å². The van der Waals surface area contributed by atoms with E-state index in [0.717, 1.165) is 24.5 Å². The number of halogens is 3. The minimum atomic E-state index is -4.52. The second kappa shape index (κ2) is 10.5. The lowest BCUT2D eigenvalue weighted by Gasteiger charge is -2.30. The SMILES string of the molecule is O=C(Cc1nc2c(C(F)(F)F)cccc2[nH]1)NC1CN(C2CCOCC2)C[C@@H]1OCc1cccnc1. The van der Waals surface area contributed by atoms with Gasteiger partial charge in [0.1, 0.15) is 11.3 Å². The minimum absolute atomic E-state index is 0.158. The van der Waals surface area contributed by atoms with Gasteiger partial charge in [-0.3, -0.25) is 14.7 Å². The summed E-state index contributed by atoms with van der Waals surface area (Å²) in [5.41, 5.74) is 0.179. The van der Waals surface area contributed by atoms with Crippen LogP contribution in [0, 0.1) is 0 Å². The van der Waals surface area contributed by atoms with Gasteiger partial charge >= 0.3 is 6.18 Å². The summed E-state index contributed by atoms with van der Waals surface area (Å²) in [6, 6.07) is 7.71. The lowest BCUT2D eigenvalue weighted by atomic mass is 10.1. The van der Waals surface area contributed by atoms with E-state index < -0.39 is 11.7 Å². The van der Waals surface area contributed by atoms with E-state index in [1.165, 1.54) is 12.1 Å². The van der Waals surface area contributed by atoms with E-state index in [1.54, 1.807) is 12.4 Å². The topological polar surface area (TPSA) is 92.4 Å². The van der Waals surface area contributed by atoms with E-state index in [9.17, 15) is 18.0 Å². The number of fused-ring (bicyclic) bond motifs is 1. The Labute approximate surface area is 206 Å². The number of carbonyl (C=O) groups excluding carboxylic acids is 1. The number of hydrogen-bond donors (Lipinski definition) is 2. The zero-order chi connectivity index (χ0) is 25.1. The molecule has 8 nitrogen and oxygen atoms in total. The third-order valence-corrected chi connectivity index (χ3v) is 6.73. The Morgan fingerprint density at radius 1 is 1.19 bits per heavy atom. The van der Waals surface area contributed by atoms with Crippen LogP contribution in [0.1, 0.15) is 29.8 Å². The van der Waals surface area contributed by atoms with Crippen LogP contribution in [0.15, 0.2) is 42.7 Å². The number of rotatable bonds is 7. The van der Waals surface area contributed by atoms with Crippen molar-refractivity contribution in [2.75, 3.05) is 26.3 Å². The van der Waals surface area contributed by atoms with Crippen molar-refractivity contribution in [2.45, 2.75) is 50.2 Å². The number of alkyl halides is 3. The molecule has 2 aliphatic rings. The Kier molecular flexibility index (Phi) is 7.22. The molecule has 0 aliphatic carbocycles. The number of benzene rings is 1. The van der Waals surface area contributed by atoms with Crippen LogP contribution >= 0.6 is 0 Å². The highest BCUT2D eigenvalue weighted by Crippen LogP contribution is 2.33. The number of likely N-dealkylation sites (tertiary alicyclic amines) is 1. The number of pyridine rings is 1. The van der Waals surface area contributed by atoms with E-state index in [0.29, 0.717) is 39.0 Å². The van der Waals surface area contributed by atoms with Crippen molar-refractivity contribution in [1.82, 2.24) is 25.2 Å². The van der Waals surface area contributed by atoms with Gasteiger partial charge in [-0.15, -0.1) is 0 Å². The molecule has 36 heavy (non-hydrogen) atoms. The van der Waals surface area contributed by atoms with Crippen molar-refractivity contribution in [3.8, 4) is 0 Å². The molecule has 2 saturated heterocycles.